The minimum atomic E-state index is -0.552. The van der Waals surface area contributed by atoms with E-state index in [-0.39, 0.29) is 39.0 Å². The number of carbonyl (C=O) groups is 1. The third kappa shape index (κ3) is 4.74. The van der Waals surface area contributed by atoms with Crippen molar-refractivity contribution in [3.8, 4) is 0 Å². The molecule has 0 bridgehead atoms. The summed E-state index contributed by atoms with van der Waals surface area (Å²) < 4.78 is 17.7. The van der Waals surface area contributed by atoms with Gasteiger partial charge in [0.25, 0.3) is 11.5 Å². The average molecular weight is 562 g/mol. The number of pyridine rings is 2. The number of aromatic nitrogens is 5. The van der Waals surface area contributed by atoms with Gasteiger partial charge in [0.15, 0.2) is 4.34 Å². The van der Waals surface area contributed by atoms with E-state index in [4.69, 9.17) is 10.4 Å². The third-order valence-corrected chi connectivity index (χ3v) is 8.97. The summed E-state index contributed by atoms with van der Waals surface area (Å²) in [5, 5.41) is 20.4. The molecule has 6 rings (SSSR count). The summed E-state index contributed by atoms with van der Waals surface area (Å²) in [5.41, 5.74) is 2.15. The number of aryl methyl sites for hydroxylation is 1. The van der Waals surface area contributed by atoms with E-state index >= 15 is 0 Å². The van der Waals surface area contributed by atoms with Crippen molar-refractivity contribution in [1.82, 2.24) is 24.1 Å². The van der Waals surface area contributed by atoms with Gasteiger partial charge in [0, 0.05) is 18.0 Å². The molecule has 1 aromatic carbocycles. The molecule has 5 aromatic rings. The molecule has 4 aromatic heterocycles. The molecule has 0 saturated heterocycles. The zero-order valence-electron chi connectivity index (χ0n) is 21.0. The van der Waals surface area contributed by atoms with Crippen LogP contribution in [0.5, 0.6) is 0 Å². The van der Waals surface area contributed by atoms with Crippen molar-refractivity contribution >= 4 is 50.8 Å². The number of nitrogens with one attached hydrogen (secondary N) is 2. The number of amides is 1. The van der Waals surface area contributed by atoms with Crippen LogP contribution in [-0.2, 0) is 5.75 Å². The summed E-state index contributed by atoms with van der Waals surface area (Å²) in [7, 11) is 0. The van der Waals surface area contributed by atoms with Crippen molar-refractivity contribution in [1.29, 1.82) is 5.41 Å². The molecule has 1 saturated carbocycles. The Morgan fingerprint density at radius 1 is 1.18 bits per heavy atom. The Kier molecular flexibility index (Phi) is 6.73. The zero-order valence-corrected chi connectivity index (χ0v) is 22.6. The molecule has 1 amide bonds. The highest BCUT2D eigenvalue weighted by atomic mass is 32.2. The fourth-order valence-corrected chi connectivity index (χ4v) is 6.72. The largest absolute Gasteiger partial charge is 0.307 e. The van der Waals surface area contributed by atoms with Crippen LogP contribution in [0.25, 0.3) is 16.7 Å². The van der Waals surface area contributed by atoms with Crippen LogP contribution in [0.2, 0.25) is 0 Å². The number of thioether (sulfide) groups is 1. The van der Waals surface area contributed by atoms with Crippen molar-refractivity contribution in [2.45, 2.75) is 48.7 Å². The third-order valence-electron chi connectivity index (χ3n) is 6.95. The van der Waals surface area contributed by atoms with E-state index in [9.17, 15) is 14.0 Å². The van der Waals surface area contributed by atoms with Gasteiger partial charge in [-0.1, -0.05) is 60.2 Å². The van der Waals surface area contributed by atoms with Crippen LogP contribution in [0, 0.1) is 18.2 Å². The first kappa shape index (κ1) is 25.4. The second kappa shape index (κ2) is 10.3. The summed E-state index contributed by atoms with van der Waals surface area (Å²) in [5.74, 6) is -0.460. The highest BCUT2D eigenvalue weighted by molar-refractivity contribution is 8.00. The van der Waals surface area contributed by atoms with E-state index in [1.54, 1.807) is 35.0 Å². The molecule has 0 unspecified atom stereocenters. The normalized spacial score (nSPS) is 13.9. The number of hydrogen-bond acceptors (Lipinski definition) is 8. The summed E-state index contributed by atoms with van der Waals surface area (Å²) in [4.78, 5) is 31.8. The minimum Gasteiger partial charge on any atom is -0.307 e. The van der Waals surface area contributed by atoms with Gasteiger partial charge in [0.1, 0.15) is 22.6 Å². The SMILES string of the molecule is Cc1cccn2c(=O)c3cc(C(=O)Nc4nnc(SCc5ccccc5F)s4)c(=N)n(C4CCCC4)c3nc12. The van der Waals surface area contributed by atoms with Gasteiger partial charge in [-0.05, 0) is 49.1 Å². The van der Waals surface area contributed by atoms with E-state index in [1.807, 2.05) is 13.0 Å². The second-order valence-electron chi connectivity index (χ2n) is 9.46. The smallest absolute Gasteiger partial charge is 0.267 e. The number of anilines is 1. The van der Waals surface area contributed by atoms with Crippen molar-refractivity contribution < 1.29 is 9.18 Å². The molecule has 12 heteroatoms. The van der Waals surface area contributed by atoms with Gasteiger partial charge in [-0.15, -0.1) is 10.2 Å². The van der Waals surface area contributed by atoms with Crippen LogP contribution in [0.15, 0.2) is 57.8 Å². The molecule has 0 spiro atoms. The molecule has 1 fully saturated rings. The highest BCUT2D eigenvalue weighted by Crippen LogP contribution is 2.31. The summed E-state index contributed by atoms with van der Waals surface area (Å²) >= 11 is 2.49. The van der Waals surface area contributed by atoms with Crippen LogP contribution in [0.1, 0.15) is 53.2 Å². The monoisotopic (exact) mass is 561 g/mol. The number of carbonyl (C=O) groups excluding carboxylic acids is 1. The standard InChI is InChI=1S/C27H24FN7O2S2/c1-15-7-6-12-34-22(15)30-23-19(25(34)37)13-18(21(29)35(23)17-9-3-4-10-17)24(36)31-26-32-33-27(39-26)38-14-16-8-2-5-11-20(16)28/h2,5-8,11-13,17,29H,3-4,9-10,14H2,1H3,(H,31,32,36). The Hall–Kier alpha value is -3.90. The van der Waals surface area contributed by atoms with Crippen LogP contribution < -0.4 is 16.4 Å². The molecule has 2 N–H and O–H groups in total. The molecule has 1 aliphatic rings. The highest BCUT2D eigenvalue weighted by Gasteiger charge is 2.25. The molecule has 0 radical (unpaired) electrons. The first-order valence-corrected chi connectivity index (χ1v) is 14.3. The number of halogens is 1. The topological polar surface area (TPSA) is 118 Å². The lowest BCUT2D eigenvalue weighted by molar-refractivity contribution is 0.102. The lowest BCUT2D eigenvalue weighted by Crippen LogP contribution is -2.33. The maximum absolute atomic E-state index is 13.9. The van der Waals surface area contributed by atoms with Gasteiger partial charge in [-0.2, -0.15) is 0 Å². The molecule has 4 heterocycles. The van der Waals surface area contributed by atoms with E-state index < -0.39 is 5.91 Å². The Morgan fingerprint density at radius 3 is 2.77 bits per heavy atom. The predicted octanol–water partition coefficient (Wildman–Crippen LogP) is 5.09. The number of nitrogens with zero attached hydrogens (tertiary/aromatic N) is 5. The fourth-order valence-electron chi connectivity index (χ4n) is 4.99. The first-order valence-electron chi connectivity index (χ1n) is 12.5. The summed E-state index contributed by atoms with van der Waals surface area (Å²) in [6, 6.07) is 11.6. The summed E-state index contributed by atoms with van der Waals surface area (Å²) in [6.07, 6.45) is 5.39. The molecule has 1 aliphatic carbocycles. The van der Waals surface area contributed by atoms with Gasteiger partial charge in [-0.25, -0.2) is 9.37 Å². The number of benzene rings is 1. The Balaban J connectivity index is 1.36. The molecule has 0 aliphatic heterocycles. The average Bonchev–Trinajstić information content (AvgIpc) is 3.61. The molecule has 198 valence electrons. The molecule has 0 atom stereocenters. The van der Waals surface area contributed by atoms with E-state index in [0.29, 0.717) is 27.0 Å². The van der Waals surface area contributed by atoms with Gasteiger partial charge >= 0.3 is 0 Å². The zero-order chi connectivity index (χ0) is 27.1. The first-order chi connectivity index (χ1) is 18.9. The Bertz CT molecular complexity index is 1860. The van der Waals surface area contributed by atoms with Crippen molar-refractivity contribution in [3.63, 3.8) is 0 Å². The molecular formula is C27H24FN7O2S2. The number of hydrogen-bond donors (Lipinski definition) is 2. The summed E-state index contributed by atoms with van der Waals surface area (Å²) in [6.45, 7) is 1.89. The van der Waals surface area contributed by atoms with Gasteiger partial charge in [-0.3, -0.25) is 24.7 Å². The maximum Gasteiger partial charge on any atom is 0.267 e. The van der Waals surface area contributed by atoms with Gasteiger partial charge < -0.3 is 4.57 Å². The van der Waals surface area contributed by atoms with E-state index in [0.717, 1.165) is 31.2 Å². The van der Waals surface area contributed by atoms with Crippen LogP contribution in [0.4, 0.5) is 9.52 Å². The second-order valence-corrected chi connectivity index (χ2v) is 11.7. The van der Waals surface area contributed by atoms with Gasteiger partial charge in [0.2, 0.25) is 5.13 Å². The lowest BCUT2D eigenvalue weighted by Gasteiger charge is -2.19. The molecule has 9 nitrogen and oxygen atoms in total. The van der Waals surface area contributed by atoms with Crippen LogP contribution >= 0.6 is 23.1 Å². The van der Waals surface area contributed by atoms with Crippen molar-refractivity contribution in [2.24, 2.45) is 0 Å². The van der Waals surface area contributed by atoms with E-state index in [2.05, 4.69) is 15.5 Å². The van der Waals surface area contributed by atoms with Crippen LogP contribution in [0.3, 0.4) is 0 Å². The lowest BCUT2D eigenvalue weighted by atomic mass is 10.1. The predicted molar refractivity (Wildman–Crippen MR) is 149 cm³/mol. The van der Waals surface area contributed by atoms with Gasteiger partial charge in [0.05, 0.1) is 10.9 Å². The quantitative estimate of drug-likeness (QED) is 0.169. The fraction of sp³-hybridized carbons (Fsp3) is 0.259. The Labute approximate surface area is 230 Å². The van der Waals surface area contributed by atoms with Crippen LogP contribution in [-0.4, -0.2) is 30.1 Å². The van der Waals surface area contributed by atoms with Crippen molar-refractivity contribution in [2.75, 3.05) is 5.32 Å². The maximum atomic E-state index is 13.9. The van der Waals surface area contributed by atoms with Crippen molar-refractivity contribution in [3.05, 3.63) is 87.0 Å². The number of rotatable bonds is 6. The molecular weight excluding hydrogens is 537 g/mol. The number of fused-ring (bicyclic) bond motifs is 2. The van der Waals surface area contributed by atoms with E-state index in [1.165, 1.54) is 39.6 Å². The Morgan fingerprint density at radius 2 is 1.97 bits per heavy atom. The minimum absolute atomic E-state index is 0.00963. The molecule has 39 heavy (non-hydrogen) atoms.